The van der Waals surface area contributed by atoms with Gasteiger partial charge in [0.2, 0.25) is 0 Å². The van der Waals surface area contributed by atoms with Gasteiger partial charge in [-0.15, -0.1) is 0 Å². The van der Waals surface area contributed by atoms with E-state index in [-0.39, 0.29) is 6.07 Å². The molecule has 132 valence electrons. The Bertz CT molecular complexity index is 887. The van der Waals surface area contributed by atoms with Crippen LogP contribution in [0.1, 0.15) is 5.69 Å². The number of nitrogens with zero attached hydrogens (tertiary/aromatic N) is 1. The second kappa shape index (κ2) is 5.72. The molecule has 0 fully saturated rings. The van der Waals surface area contributed by atoms with Gasteiger partial charge >= 0.3 is 11.7 Å². The molecule has 0 saturated heterocycles. The van der Waals surface area contributed by atoms with Crippen LogP contribution in [-0.4, -0.2) is 23.9 Å². The molecule has 0 spiro atoms. The first-order chi connectivity index (χ1) is 10.7. The third kappa shape index (κ3) is 3.27. The quantitative estimate of drug-likeness (QED) is 0.708. The molecule has 4 nitrogen and oxygen atoms in total. The Morgan fingerprint density at radius 2 is 1.67 bits per heavy atom. The third-order valence-electron chi connectivity index (χ3n) is 2.75. The molecule has 1 N–H and O–H groups in total. The highest BCUT2D eigenvalue weighted by Gasteiger charge is 2.47. The Hall–Kier alpha value is -1.63. The predicted octanol–water partition coefficient (Wildman–Crippen LogP) is 4.29. The number of hydrogen-bond acceptors (Lipinski definition) is 3. The fourth-order valence-corrected chi connectivity index (χ4v) is 2.93. The van der Waals surface area contributed by atoms with Gasteiger partial charge in [0.15, 0.2) is 5.69 Å². The van der Waals surface area contributed by atoms with E-state index in [1.807, 2.05) is 0 Å². The van der Waals surface area contributed by atoms with Gasteiger partial charge in [0.05, 0.1) is 10.5 Å². The van der Waals surface area contributed by atoms with Crippen LogP contribution in [0.4, 0.5) is 30.7 Å². The molecule has 1 heterocycles. The summed E-state index contributed by atoms with van der Waals surface area (Å²) in [7, 11) is -5.78. The van der Waals surface area contributed by atoms with Gasteiger partial charge in [-0.25, -0.2) is 17.8 Å². The SMILES string of the molecule is O=S(=O)(c1ccc(-c2nc(Br)c(C(F)(F)F)[nH]2)c(F)c1)C(F)(F)F. The number of halogens is 8. The number of nitrogens with one attached hydrogen (secondary N) is 1. The fourth-order valence-electron chi connectivity index (χ4n) is 1.66. The minimum Gasteiger partial charge on any atom is -0.333 e. The van der Waals surface area contributed by atoms with Gasteiger partial charge in [0.25, 0.3) is 9.84 Å². The van der Waals surface area contributed by atoms with Crippen LogP contribution in [0.2, 0.25) is 0 Å². The molecule has 0 saturated carbocycles. The Morgan fingerprint density at radius 3 is 2.08 bits per heavy atom. The average molecular weight is 441 g/mol. The van der Waals surface area contributed by atoms with Gasteiger partial charge in [0, 0.05) is 0 Å². The van der Waals surface area contributed by atoms with Gasteiger partial charge in [-0.2, -0.15) is 26.3 Å². The zero-order chi connectivity index (χ0) is 18.5. The lowest BCUT2D eigenvalue weighted by Gasteiger charge is -2.09. The Morgan fingerprint density at radius 1 is 1.08 bits per heavy atom. The zero-order valence-corrected chi connectivity index (χ0v) is 13.3. The molecule has 1 aromatic carbocycles. The number of imidazole rings is 1. The van der Waals surface area contributed by atoms with Crippen molar-refractivity contribution in [2.45, 2.75) is 16.6 Å². The number of sulfone groups is 1. The van der Waals surface area contributed by atoms with Crippen molar-refractivity contribution >= 4 is 25.8 Å². The summed E-state index contributed by atoms with van der Waals surface area (Å²) in [6.07, 6.45) is -4.83. The normalized spacial score (nSPS) is 13.3. The van der Waals surface area contributed by atoms with Gasteiger partial charge in [-0.05, 0) is 34.1 Å². The van der Waals surface area contributed by atoms with E-state index < -0.39 is 53.9 Å². The summed E-state index contributed by atoms with van der Waals surface area (Å²) in [5.41, 5.74) is -7.60. The highest BCUT2D eigenvalue weighted by molar-refractivity contribution is 9.10. The molecule has 0 amide bonds. The first kappa shape index (κ1) is 18.7. The second-order valence-corrected chi connectivity index (χ2v) is 7.03. The van der Waals surface area contributed by atoms with Crippen LogP contribution in [0.25, 0.3) is 11.4 Å². The summed E-state index contributed by atoms with van der Waals surface area (Å²) in [5, 5.41) is 0. The van der Waals surface area contributed by atoms with Crippen molar-refractivity contribution < 1.29 is 39.2 Å². The van der Waals surface area contributed by atoms with Crippen LogP contribution < -0.4 is 0 Å². The van der Waals surface area contributed by atoms with E-state index in [0.29, 0.717) is 12.1 Å². The third-order valence-corrected chi connectivity index (χ3v) is 4.81. The number of benzene rings is 1. The van der Waals surface area contributed by atoms with Crippen molar-refractivity contribution in [3.05, 3.63) is 34.3 Å². The largest absolute Gasteiger partial charge is 0.501 e. The highest BCUT2D eigenvalue weighted by Crippen LogP contribution is 2.36. The summed E-state index contributed by atoms with van der Waals surface area (Å²) in [5.74, 6) is -2.13. The Balaban J connectivity index is 2.53. The van der Waals surface area contributed by atoms with Crippen LogP contribution in [0, 0.1) is 5.82 Å². The van der Waals surface area contributed by atoms with E-state index in [1.165, 1.54) is 0 Å². The summed E-state index contributed by atoms with van der Waals surface area (Å²) >= 11 is 2.52. The van der Waals surface area contributed by atoms with Crippen LogP contribution in [0.5, 0.6) is 0 Å². The number of alkyl halides is 6. The Kier molecular flexibility index (Phi) is 4.46. The maximum atomic E-state index is 13.9. The van der Waals surface area contributed by atoms with Gasteiger partial charge in [-0.3, -0.25) is 0 Å². The number of aromatic nitrogens is 2. The lowest BCUT2D eigenvalue weighted by Crippen LogP contribution is -2.23. The van der Waals surface area contributed by atoms with Gasteiger partial charge in [-0.1, -0.05) is 0 Å². The minimum absolute atomic E-state index is 0.0574. The summed E-state index contributed by atoms with van der Waals surface area (Å²) < 4.78 is 111. The first-order valence-corrected chi connectivity index (χ1v) is 7.96. The van der Waals surface area contributed by atoms with Crippen LogP contribution in [0.3, 0.4) is 0 Å². The molecule has 2 aromatic rings. The average Bonchev–Trinajstić information content (AvgIpc) is 2.79. The maximum Gasteiger partial charge on any atom is 0.501 e. The molecule has 0 aliphatic carbocycles. The van der Waals surface area contributed by atoms with E-state index in [1.54, 1.807) is 4.98 Å². The standard InChI is InChI=1S/C11H4BrF7N2O2S/c12-8-7(10(14,15)16)20-9(21-8)5-2-1-4(3-6(5)13)24(22,23)11(17,18)19/h1-3H,(H,20,21). The summed E-state index contributed by atoms with van der Waals surface area (Å²) in [6, 6.07) is 1.06. The molecule has 1 aromatic heterocycles. The molecule has 0 atom stereocenters. The number of hydrogen-bond donors (Lipinski definition) is 1. The molecule has 0 radical (unpaired) electrons. The molecule has 0 aliphatic rings. The predicted molar refractivity (Wildman–Crippen MR) is 69.9 cm³/mol. The van der Waals surface area contributed by atoms with Crippen molar-refractivity contribution in [2.24, 2.45) is 0 Å². The zero-order valence-electron chi connectivity index (χ0n) is 10.9. The van der Waals surface area contributed by atoms with Crippen molar-refractivity contribution in [3.8, 4) is 11.4 Å². The lowest BCUT2D eigenvalue weighted by atomic mass is 10.2. The van der Waals surface area contributed by atoms with Crippen molar-refractivity contribution in [2.75, 3.05) is 0 Å². The molecule has 0 unspecified atom stereocenters. The van der Waals surface area contributed by atoms with Gasteiger partial charge in [0.1, 0.15) is 16.2 Å². The smallest absolute Gasteiger partial charge is 0.333 e. The van der Waals surface area contributed by atoms with Crippen molar-refractivity contribution in [1.29, 1.82) is 0 Å². The molecule has 0 aliphatic heterocycles. The van der Waals surface area contributed by atoms with E-state index in [2.05, 4.69) is 20.9 Å². The molecular weight excluding hydrogens is 437 g/mol. The topological polar surface area (TPSA) is 62.8 Å². The Labute approximate surface area is 137 Å². The van der Waals surface area contributed by atoms with E-state index >= 15 is 0 Å². The minimum atomic E-state index is -5.78. The van der Waals surface area contributed by atoms with Crippen LogP contribution in [-0.2, 0) is 16.0 Å². The molecule has 24 heavy (non-hydrogen) atoms. The highest BCUT2D eigenvalue weighted by atomic mass is 79.9. The molecule has 13 heteroatoms. The maximum absolute atomic E-state index is 13.9. The van der Waals surface area contributed by atoms with Crippen molar-refractivity contribution in [3.63, 3.8) is 0 Å². The lowest BCUT2D eigenvalue weighted by molar-refractivity contribution is -0.141. The summed E-state index contributed by atoms with van der Waals surface area (Å²) in [6.45, 7) is 0. The molecule has 0 bridgehead atoms. The second-order valence-electron chi connectivity index (χ2n) is 4.34. The summed E-state index contributed by atoms with van der Waals surface area (Å²) in [4.78, 5) is 3.77. The number of aromatic amines is 1. The number of H-pyrrole nitrogens is 1. The molecule has 2 rings (SSSR count). The monoisotopic (exact) mass is 440 g/mol. The molecular formula is C11H4BrF7N2O2S. The first-order valence-electron chi connectivity index (χ1n) is 5.69. The van der Waals surface area contributed by atoms with E-state index in [4.69, 9.17) is 0 Å². The van der Waals surface area contributed by atoms with Gasteiger partial charge < -0.3 is 4.98 Å². The van der Waals surface area contributed by atoms with Crippen LogP contribution in [0.15, 0.2) is 27.7 Å². The van der Waals surface area contributed by atoms with Crippen molar-refractivity contribution in [1.82, 2.24) is 9.97 Å². The van der Waals surface area contributed by atoms with E-state index in [0.717, 1.165) is 0 Å². The van der Waals surface area contributed by atoms with Crippen LogP contribution >= 0.6 is 15.9 Å². The number of rotatable bonds is 2. The van der Waals surface area contributed by atoms with E-state index in [9.17, 15) is 39.2 Å². The fraction of sp³-hybridized carbons (Fsp3) is 0.182.